The van der Waals surface area contributed by atoms with Crippen molar-refractivity contribution >= 4 is 0 Å². The summed E-state index contributed by atoms with van der Waals surface area (Å²) in [7, 11) is 3.22. The summed E-state index contributed by atoms with van der Waals surface area (Å²) in [6.07, 6.45) is -25.3. The van der Waals surface area contributed by atoms with E-state index >= 15 is 0 Å². The lowest BCUT2D eigenvalue weighted by molar-refractivity contribution is -0.364. The van der Waals surface area contributed by atoms with Gasteiger partial charge in [-0.25, -0.2) is 0 Å². The van der Waals surface area contributed by atoms with Gasteiger partial charge in [0.05, 0.1) is 52.9 Å². The van der Waals surface area contributed by atoms with Crippen molar-refractivity contribution in [3.05, 3.63) is 35.4 Å². The molecular formula is C53H82O24. The number of rotatable bonds is 16. The van der Waals surface area contributed by atoms with Gasteiger partial charge in [-0.1, -0.05) is 25.5 Å². The van der Waals surface area contributed by atoms with Gasteiger partial charge in [-0.05, 0) is 110 Å². The van der Waals surface area contributed by atoms with E-state index < -0.39 is 161 Å². The van der Waals surface area contributed by atoms with Gasteiger partial charge in [0.25, 0.3) is 0 Å². The molecule has 77 heavy (non-hydrogen) atoms. The molecule has 4 saturated heterocycles. The molecule has 0 aromatic heterocycles. The molecule has 8 aliphatic rings. The molecule has 24 heteroatoms. The lowest BCUT2D eigenvalue weighted by Crippen LogP contribution is -2.65. The van der Waals surface area contributed by atoms with Gasteiger partial charge in [0.2, 0.25) is 0 Å². The average molecular weight is 1100 g/mol. The number of hydrogen-bond donors (Lipinski definition) is 14. The SMILES string of the molecule is COc1ccc(OC)c(C2CC3C4CC=C5CC(OC6O[C@H](CO)[C@@H](O[C@@H]7O[C@H](CO)[C@H](O)[C@H](O)[C@H]7O)[C@H](O)[C@H]6O)CCC5(C)C4CCC3(C)C2C(C)OC2O[C@H](CO)[C@@H](O[C@@H]3O[C@H](CO)C(O)C(O)[C@H]3O)[C@H](O)[C@H]2O)c1. The minimum absolute atomic E-state index is 0.157. The lowest BCUT2D eigenvalue weighted by Gasteiger charge is -2.58. The van der Waals surface area contributed by atoms with Gasteiger partial charge in [-0.3, -0.25) is 0 Å². The number of aliphatic hydroxyl groups is 14. The summed E-state index contributed by atoms with van der Waals surface area (Å²) in [5.41, 5.74) is 1.57. The van der Waals surface area contributed by atoms with E-state index in [1.165, 1.54) is 5.57 Å². The summed E-state index contributed by atoms with van der Waals surface area (Å²) in [5, 5.41) is 149. The molecule has 7 fully saturated rings. The standard InChI is InChI=1S/C53H82O24/c1-21(70-48-44(66)40(62)46(33(19-56)74-48)76-50-42(64)38(60)36(58)31(17-54)72-50)35-27(26-15-23(68-4)7-9-30(26)69-5)16-29-25-8-6-22-14-24(10-12-52(22,2)28(25)11-13-53(29,35)3)71-49-45(67)41(63)47(34(20-57)75-49)77-51-43(65)39(61)37(59)32(18-55)73-51/h6-7,9,15,21,24-25,27-29,31-51,54-67H,8,10-14,16-20H2,1-5H3/t21?,24?,25?,27?,28?,29?,31-,32-,33-,34-,35?,36?,37+,38?,39+,40-,41-,42-,43-,44-,45-,46-,47-,48?,49?,50+,51+,52?,53?/m1/s1. The Kier molecular flexibility index (Phi) is 18.4. The first-order valence-corrected chi connectivity index (χ1v) is 27.1. The van der Waals surface area contributed by atoms with Gasteiger partial charge >= 0.3 is 0 Å². The molecule has 0 amide bonds. The van der Waals surface area contributed by atoms with Crippen LogP contribution in [0.2, 0.25) is 0 Å². The molecule has 3 saturated carbocycles. The fourth-order valence-corrected chi connectivity index (χ4v) is 15.0. The van der Waals surface area contributed by atoms with E-state index in [1.54, 1.807) is 14.2 Å². The van der Waals surface area contributed by atoms with Crippen LogP contribution in [0.15, 0.2) is 29.8 Å². The van der Waals surface area contributed by atoms with E-state index in [9.17, 15) is 71.5 Å². The van der Waals surface area contributed by atoms with Crippen LogP contribution in [0.3, 0.4) is 0 Å². The molecule has 14 N–H and O–H groups in total. The van der Waals surface area contributed by atoms with Crippen molar-refractivity contribution < 1.29 is 119 Å². The minimum Gasteiger partial charge on any atom is -0.497 e. The zero-order chi connectivity index (χ0) is 55.6. The Morgan fingerprint density at radius 1 is 0.584 bits per heavy atom. The van der Waals surface area contributed by atoms with Crippen LogP contribution in [-0.4, -0.2) is 247 Å². The van der Waals surface area contributed by atoms with Crippen molar-refractivity contribution in [2.45, 2.75) is 207 Å². The molecule has 0 radical (unpaired) electrons. The number of hydrogen-bond acceptors (Lipinski definition) is 24. The molecular weight excluding hydrogens is 1020 g/mol. The second-order valence-corrected chi connectivity index (χ2v) is 23.1. The van der Waals surface area contributed by atoms with Crippen molar-refractivity contribution in [2.24, 2.45) is 34.5 Å². The third-order valence-electron chi connectivity index (χ3n) is 19.1. The molecule has 438 valence electrons. The molecule has 4 aliphatic carbocycles. The van der Waals surface area contributed by atoms with E-state index in [1.807, 2.05) is 25.1 Å². The number of benzene rings is 1. The molecule has 13 unspecified atom stereocenters. The average Bonchev–Trinajstić information content (AvgIpc) is 3.76. The third kappa shape index (κ3) is 10.7. The van der Waals surface area contributed by atoms with Crippen LogP contribution >= 0.6 is 0 Å². The van der Waals surface area contributed by atoms with E-state index in [0.717, 1.165) is 37.7 Å². The minimum atomic E-state index is -1.81. The van der Waals surface area contributed by atoms with Crippen LogP contribution in [0, 0.1) is 34.5 Å². The van der Waals surface area contributed by atoms with Crippen molar-refractivity contribution in [1.29, 1.82) is 0 Å². The first kappa shape index (κ1) is 59.3. The van der Waals surface area contributed by atoms with Crippen molar-refractivity contribution in [2.75, 3.05) is 40.6 Å². The third-order valence-corrected chi connectivity index (χ3v) is 19.1. The Hall–Kier alpha value is -2.32. The first-order valence-electron chi connectivity index (χ1n) is 27.1. The monoisotopic (exact) mass is 1100 g/mol. The van der Waals surface area contributed by atoms with Crippen LogP contribution in [0.4, 0.5) is 0 Å². The van der Waals surface area contributed by atoms with Crippen LogP contribution in [0.5, 0.6) is 11.5 Å². The Morgan fingerprint density at radius 2 is 1.10 bits per heavy atom. The molecule has 1 aromatic rings. The van der Waals surface area contributed by atoms with Gasteiger partial charge in [0.1, 0.15) is 109 Å². The summed E-state index contributed by atoms with van der Waals surface area (Å²) in [6.45, 7) is 3.70. The van der Waals surface area contributed by atoms with Crippen molar-refractivity contribution in [1.82, 2.24) is 0 Å². The number of fused-ring (bicyclic) bond motifs is 5. The summed E-state index contributed by atoms with van der Waals surface area (Å²) < 4.78 is 59.6. The Bertz CT molecular complexity index is 2150. The molecule has 9 rings (SSSR count). The predicted molar refractivity (Wildman–Crippen MR) is 261 cm³/mol. The largest absolute Gasteiger partial charge is 0.497 e. The molecule has 24 nitrogen and oxygen atoms in total. The van der Waals surface area contributed by atoms with E-state index in [0.29, 0.717) is 24.3 Å². The van der Waals surface area contributed by atoms with Gasteiger partial charge in [-0.15, -0.1) is 0 Å². The van der Waals surface area contributed by atoms with E-state index in [2.05, 4.69) is 19.9 Å². The number of ether oxygens (including phenoxy) is 10. The van der Waals surface area contributed by atoms with Gasteiger partial charge in [0.15, 0.2) is 25.2 Å². The highest BCUT2D eigenvalue weighted by Crippen LogP contribution is 2.70. The summed E-state index contributed by atoms with van der Waals surface area (Å²) >= 11 is 0. The van der Waals surface area contributed by atoms with Crippen LogP contribution in [0.25, 0.3) is 0 Å². The van der Waals surface area contributed by atoms with Crippen molar-refractivity contribution in [3.63, 3.8) is 0 Å². The van der Waals surface area contributed by atoms with E-state index in [4.69, 9.17) is 47.4 Å². The van der Waals surface area contributed by atoms with Gasteiger partial charge < -0.3 is 119 Å². The maximum Gasteiger partial charge on any atom is 0.187 e. The summed E-state index contributed by atoms with van der Waals surface area (Å²) in [5.74, 6) is 1.60. The Balaban J connectivity index is 0.910. The maximum atomic E-state index is 11.7. The smallest absolute Gasteiger partial charge is 0.187 e. The second-order valence-electron chi connectivity index (χ2n) is 23.1. The molecule has 4 aliphatic heterocycles. The fraction of sp³-hybridized carbons (Fsp3) is 0.849. The molecule has 1 aromatic carbocycles. The van der Waals surface area contributed by atoms with E-state index in [-0.39, 0.29) is 40.4 Å². The second kappa shape index (κ2) is 23.9. The molecule has 0 bridgehead atoms. The fourth-order valence-electron chi connectivity index (χ4n) is 15.0. The lowest BCUT2D eigenvalue weighted by atomic mass is 9.47. The highest BCUT2D eigenvalue weighted by Gasteiger charge is 2.64. The van der Waals surface area contributed by atoms with Crippen LogP contribution in [0.1, 0.15) is 77.2 Å². The number of allylic oxidation sites excluding steroid dienone is 1. The zero-order valence-electron chi connectivity index (χ0n) is 44.0. The molecule has 4 heterocycles. The number of methoxy groups -OCH3 is 2. The van der Waals surface area contributed by atoms with Crippen LogP contribution < -0.4 is 9.47 Å². The van der Waals surface area contributed by atoms with Crippen molar-refractivity contribution in [3.8, 4) is 11.5 Å². The highest BCUT2D eigenvalue weighted by atomic mass is 16.8. The Morgan fingerprint density at radius 3 is 1.65 bits per heavy atom. The molecule has 29 atom stereocenters. The first-order chi connectivity index (χ1) is 36.7. The number of aliphatic hydroxyl groups excluding tert-OH is 14. The van der Waals surface area contributed by atoms with Gasteiger partial charge in [-0.2, -0.15) is 0 Å². The maximum absolute atomic E-state index is 11.7. The zero-order valence-corrected chi connectivity index (χ0v) is 44.0. The predicted octanol–water partition coefficient (Wildman–Crippen LogP) is -2.99. The Labute approximate surface area is 446 Å². The van der Waals surface area contributed by atoms with Gasteiger partial charge in [0, 0.05) is 5.56 Å². The topological polar surface area (TPSA) is 376 Å². The summed E-state index contributed by atoms with van der Waals surface area (Å²) in [6, 6.07) is 5.71. The van der Waals surface area contributed by atoms with Crippen LogP contribution in [-0.2, 0) is 37.9 Å². The normalized spacial score (nSPS) is 49.5. The summed E-state index contributed by atoms with van der Waals surface area (Å²) in [4.78, 5) is 0. The quantitative estimate of drug-likeness (QED) is 0.0734. The molecule has 0 spiro atoms. The highest BCUT2D eigenvalue weighted by molar-refractivity contribution is 5.44.